The van der Waals surface area contributed by atoms with Crippen LogP contribution in [-0.4, -0.2) is 29.7 Å². The van der Waals surface area contributed by atoms with Gasteiger partial charge in [-0.05, 0) is 18.2 Å². The molecule has 26 heavy (non-hydrogen) atoms. The Morgan fingerprint density at radius 2 is 1.92 bits per heavy atom. The Morgan fingerprint density at radius 3 is 2.65 bits per heavy atom. The van der Waals surface area contributed by atoms with E-state index in [1.807, 2.05) is 6.07 Å². The molecular formula is C18H16ClN3O4. The number of nitrogens with zero attached hydrogens (tertiary/aromatic N) is 2. The third-order valence-corrected chi connectivity index (χ3v) is 4.10. The van der Waals surface area contributed by atoms with E-state index in [0.717, 1.165) is 0 Å². The summed E-state index contributed by atoms with van der Waals surface area (Å²) in [5.74, 6) is 0.424. The largest absolute Gasteiger partial charge is 0.495 e. The van der Waals surface area contributed by atoms with Crippen molar-refractivity contribution >= 4 is 34.2 Å². The summed E-state index contributed by atoms with van der Waals surface area (Å²) >= 11 is 6.11. The van der Waals surface area contributed by atoms with Gasteiger partial charge in [0, 0.05) is 6.07 Å². The van der Waals surface area contributed by atoms with Gasteiger partial charge in [0.15, 0.2) is 0 Å². The molecule has 0 spiro atoms. The van der Waals surface area contributed by atoms with Crippen LogP contribution in [0.2, 0.25) is 5.02 Å². The number of nitrogens with one attached hydrogen (secondary N) is 1. The summed E-state index contributed by atoms with van der Waals surface area (Å²) in [5, 5.41) is 3.04. The topological polar surface area (TPSA) is 82.5 Å². The zero-order valence-corrected chi connectivity index (χ0v) is 14.9. The van der Waals surface area contributed by atoms with E-state index in [0.29, 0.717) is 33.2 Å². The number of rotatable bonds is 5. The van der Waals surface area contributed by atoms with Crippen molar-refractivity contribution in [3.05, 3.63) is 58.0 Å². The van der Waals surface area contributed by atoms with E-state index in [1.165, 1.54) is 31.0 Å². The molecule has 8 heteroatoms. The molecule has 0 unspecified atom stereocenters. The number of hydrogen-bond acceptors (Lipinski definition) is 5. The maximum absolute atomic E-state index is 12.5. The lowest BCUT2D eigenvalue weighted by Gasteiger charge is -2.14. The van der Waals surface area contributed by atoms with Gasteiger partial charge in [0.05, 0.1) is 42.2 Å². The first-order valence-electron chi connectivity index (χ1n) is 7.69. The number of carbonyl (C=O) groups is 1. The molecule has 0 aliphatic heterocycles. The first-order chi connectivity index (χ1) is 12.5. The van der Waals surface area contributed by atoms with Gasteiger partial charge in [-0.25, -0.2) is 4.98 Å². The predicted octanol–water partition coefficient (Wildman–Crippen LogP) is 2.71. The molecule has 3 aromatic rings. The molecule has 1 N–H and O–H groups in total. The van der Waals surface area contributed by atoms with Crippen LogP contribution >= 0.6 is 11.6 Å². The first-order valence-corrected chi connectivity index (χ1v) is 8.07. The average Bonchev–Trinajstić information content (AvgIpc) is 2.64. The minimum absolute atomic E-state index is 0.172. The third kappa shape index (κ3) is 3.48. The highest BCUT2D eigenvalue weighted by Gasteiger charge is 2.14. The van der Waals surface area contributed by atoms with Gasteiger partial charge in [-0.2, -0.15) is 0 Å². The normalized spacial score (nSPS) is 10.6. The van der Waals surface area contributed by atoms with Crippen molar-refractivity contribution in [1.29, 1.82) is 0 Å². The summed E-state index contributed by atoms with van der Waals surface area (Å²) in [6.45, 7) is -0.172. The fraction of sp³-hybridized carbons (Fsp3) is 0.167. The second-order valence-electron chi connectivity index (χ2n) is 5.41. The van der Waals surface area contributed by atoms with Gasteiger partial charge in [0.25, 0.3) is 5.56 Å². The summed E-state index contributed by atoms with van der Waals surface area (Å²) < 4.78 is 11.7. The van der Waals surface area contributed by atoms with E-state index in [4.69, 9.17) is 21.1 Å². The molecule has 3 rings (SSSR count). The number of anilines is 1. The molecule has 0 saturated heterocycles. The standard InChI is InChI=1S/C18H16ClN3O4/c1-25-15-8-16(26-2)13(7-11(15)19)21-17(23)10-22-14-6-4-3-5-12(14)20-9-18(22)24/h3-9H,10H2,1-2H3,(H,21,23). The van der Waals surface area contributed by atoms with E-state index >= 15 is 0 Å². The second kappa shape index (κ2) is 7.45. The number of hydrogen-bond donors (Lipinski definition) is 1. The Kier molecular flexibility index (Phi) is 5.09. The lowest BCUT2D eigenvalue weighted by Crippen LogP contribution is -2.28. The van der Waals surface area contributed by atoms with Gasteiger partial charge in [0.1, 0.15) is 18.0 Å². The molecular weight excluding hydrogens is 358 g/mol. The van der Waals surface area contributed by atoms with Crippen LogP contribution < -0.4 is 20.3 Å². The lowest BCUT2D eigenvalue weighted by molar-refractivity contribution is -0.116. The summed E-state index contributed by atoms with van der Waals surface area (Å²) in [6.07, 6.45) is 1.19. The Balaban J connectivity index is 1.90. The van der Waals surface area contributed by atoms with Crippen molar-refractivity contribution in [3.63, 3.8) is 0 Å². The van der Waals surface area contributed by atoms with Crippen LogP contribution in [0.3, 0.4) is 0 Å². The van der Waals surface area contributed by atoms with Crippen molar-refractivity contribution in [3.8, 4) is 11.5 Å². The minimum Gasteiger partial charge on any atom is -0.495 e. The van der Waals surface area contributed by atoms with Gasteiger partial charge >= 0.3 is 0 Å². The molecule has 0 aliphatic carbocycles. The van der Waals surface area contributed by atoms with E-state index in [2.05, 4.69) is 10.3 Å². The Hall–Kier alpha value is -3.06. The highest BCUT2D eigenvalue weighted by molar-refractivity contribution is 6.32. The monoisotopic (exact) mass is 373 g/mol. The highest BCUT2D eigenvalue weighted by atomic mass is 35.5. The van der Waals surface area contributed by atoms with E-state index in [1.54, 1.807) is 24.3 Å². The van der Waals surface area contributed by atoms with Crippen LogP contribution in [0, 0.1) is 0 Å². The smallest absolute Gasteiger partial charge is 0.269 e. The summed E-state index contributed by atoms with van der Waals surface area (Å²) in [7, 11) is 2.96. The van der Waals surface area contributed by atoms with Gasteiger partial charge in [-0.15, -0.1) is 0 Å². The Labute approximate surface area is 154 Å². The third-order valence-electron chi connectivity index (χ3n) is 3.80. The molecule has 0 aliphatic rings. The van der Waals surface area contributed by atoms with Crippen LogP contribution in [0.1, 0.15) is 0 Å². The van der Waals surface area contributed by atoms with Gasteiger partial charge in [0.2, 0.25) is 5.91 Å². The summed E-state index contributed by atoms with van der Waals surface area (Å²) in [6, 6.07) is 10.2. The van der Waals surface area contributed by atoms with Crippen LogP contribution in [0.5, 0.6) is 11.5 Å². The van der Waals surface area contributed by atoms with Crippen LogP contribution in [0.15, 0.2) is 47.4 Å². The maximum Gasteiger partial charge on any atom is 0.269 e. The summed E-state index contributed by atoms with van der Waals surface area (Å²) in [4.78, 5) is 28.7. The number of para-hydroxylation sites is 2. The molecule has 1 amide bonds. The molecule has 0 atom stereocenters. The molecule has 2 aromatic carbocycles. The van der Waals surface area contributed by atoms with Crippen molar-refractivity contribution in [2.75, 3.05) is 19.5 Å². The molecule has 7 nitrogen and oxygen atoms in total. The quantitative estimate of drug-likeness (QED) is 0.743. The molecule has 0 fully saturated rings. The Bertz CT molecular complexity index is 1030. The zero-order chi connectivity index (χ0) is 18.7. The Morgan fingerprint density at radius 1 is 1.19 bits per heavy atom. The van der Waals surface area contributed by atoms with Crippen LogP contribution in [-0.2, 0) is 11.3 Å². The van der Waals surface area contributed by atoms with Gasteiger partial charge in [-0.1, -0.05) is 23.7 Å². The van der Waals surface area contributed by atoms with Crippen molar-refractivity contribution in [1.82, 2.24) is 9.55 Å². The molecule has 1 heterocycles. The zero-order valence-electron chi connectivity index (χ0n) is 14.2. The minimum atomic E-state index is -0.400. The molecule has 0 bridgehead atoms. The molecule has 0 radical (unpaired) electrons. The summed E-state index contributed by atoms with van der Waals surface area (Å²) in [5.41, 5.74) is 1.23. The van der Waals surface area contributed by atoms with Crippen LogP contribution in [0.4, 0.5) is 5.69 Å². The number of halogens is 1. The van der Waals surface area contributed by atoms with E-state index < -0.39 is 5.91 Å². The number of carbonyl (C=O) groups excluding carboxylic acids is 1. The van der Waals surface area contributed by atoms with E-state index in [9.17, 15) is 9.59 Å². The van der Waals surface area contributed by atoms with Crippen molar-refractivity contribution < 1.29 is 14.3 Å². The fourth-order valence-electron chi connectivity index (χ4n) is 2.57. The van der Waals surface area contributed by atoms with Crippen LogP contribution in [0.25, 0.3) is 11.0 Å². The van der Waals surface area contributed by atoms with Crippen molar-refractivity contribution in [2.24, 2.45) is 0 Å². The van der Waals surface area contributed by atoms with Crippen molar-refractivity contribution in [2.45, 2.75) is 6.54 Å². The number of ether oxygens (including phenoxy) is 2. The first kappa shape index (κ1) is 17.8. The van der Waals surface area contributed by atoms with Gasteiger partial charge in [-0.3, -0.25) is 14.2 Å². The molecule has 1 aromatic heterocycles. The van der Waals surface area contributed by atoms with E-state index in [-0.39, 0.29) is 12.1 Å². The number of amides is 1. The van der Waals surface area contributed by atoms with Gasteiger partial charge < -0.3 is 14.8 Å². The number of fused-ring (bicyclic) bond motifs is 1. The SMILES string of the molecule is COc1cc(OC)c(NC(=O)Cn2c(=O)cnc3ccccc32)cc1Cl. The number of benzene rings is 2. The lowest BCUT2D eigenvalue weighted by atomic mass is 10.2. The maximum atomic E-state index is 12.5. The highest BCUT2D eigenvalue weighted by Crippen LogP contribution is 2.35. The molecule has 0 saturated carbocycles. The predicted molar refractivity (Wildman–Crippen MR) is 99.2 cm³/mol. The average molecular weight is 374 g/mol. The second-order valence-corrected chi connectivity index (χ2v) is 5.81. The number of methoxy groups -OCH3 is 2. The molecule has 134 valence electrons. The fourth-order valence-corrected chi connectivity index (χ4v) is 2.81. The number of aromatic nitrogens is 2.